The van der Waals surface area contributed by atoms with Crippen molar-refractivity contribution in [2.24, 2.45) is 5.73 Å². The molecule has 7 heteroatoms. The highest BCUT2D eigenvalue weighted by atomic mass is 16.5. The molecule has 0 aliphatic rings. The van der Waals surface area contributed by atoms with Crippen molar-refractivity contribution in [3.63, 3.8) is 0 Å². The summed E-state index contributed by atoms with van der Waals surface area (Å²) in [5.41, 5.74) is 7.27. The molecule has 1 aromatic carbocycles. The zero-order chi connectivity index (χ0) is 22.4. The Hall–Kier alpha value is -2.57. The number of esters is 1. The van der Waals surface area contributed by atoms with Crippen molar-refractivity contribution in [1.29, 1.82) is 0 Å². The third kappa shape index (κ3) is 7.75. The van der Waals surface area contributed by atoms with Gasteiger partial charge in [0.15, 0.2) is 0 Å². The first-order chi connectivity index (χ1) is 13.2. The van der Waals surface area contributed by atoms with Crippen LogP contribution in [0.25, 0.3) is 0 Å². The summed E-state index contributed by atoms with van der Waals surface area (Å²) in [4.78, 5) is 33.4. The Balaban J connectivity index is 2.67. The van der Waals surface area contributed by atoms with Gasteiger partial charge in [-0.2, -0.15) is 0 Å². The lowest BCUT2D eigenvalue weighted by atomic mass is 9.78. The smallest absolute Gasteiger partial charge is 0.309 e. The summed E-state index contributed by atoms with van der Waals surface area (Å²) in [5, 5.41) is 13.0. The lowest BCUT2D eigenvalue weighted by molar-refractivity contribution is -0.144. The number of nitrogens with two attached hydrogens (primary N) is 1. The first-order valence-corrected chi connectivity index (χ1v) is 9.83. The zero-order valence-corrected chi connectivity index (χ0v) is 18.3. The Morgan fingerprint density at radius 1 is 1.03 bits per heavy atom. The highest BCUT2D eigenvalue weighted by Gasteiger charge is 2.26. The molecule has 0 bridgehead atoms. The number of benzene rings is 1. The first-order valence-electron chi connectivity index (χ1n) is 9.83. The van der Waals surface area contributed by atoms with Gasteiger partial charge in [0.2, 0.25) is 0 Å². The second kappa shape index (κ2) is 9.76. The SMILES string of the molecule is CC(C)(C)c1cc(CCCC(=O)OCCNC(=O)C(N)=O)cc(C(C)(C)C)c1O. The fourth-order valence-electron chi connectivity index (χ4n) is 2.91. The molecule has 0 saturated heterocycles. The van der Waals surface area contributed by atoms with E-state index >= 15 is 0 Å². The monoisotopic (exact) mass is 406 g/mol. The van der Waals surface area contributed by atoms with Gasteiger partial charge in [-0.25, -0.2) is 0 Å². The maximum Gasteiger partial charge on any atom is 0.309 e. The van der Waals surface area contributed by atoms with Gasteiger partial charge in [-0.3, -0.25) is 14.4 Å². The van der Waals surface area contributed by atoms with E-state index in [1.807, 2.05) is 12.1 Å². The molecule has 0 aliphatic heterocycles. The molecule has 0 saturated carbocycles. The molecule has 0 fully saturated rings. The molecule has 0 heterocycles. The number of amides is 2. The molecule has 7 nitrogen and oxygen atoms in total. The van der Waals surface area contributed by atoms with Gasteiger partial charge in [0.25, 0.3) is 0 Å². The number of hydrogen-bond acceptors (Lipinski definition) is 5. The molecular formula is C22H34N2O5. The number of primary amides is 1. The van der Waals surface area contributed by atoms with Crippen molar-refractivity contribution in [3.8, 4) is 5.75 Å². The van der Waals surface area contributed by atoms with E-state index in [1.54, 1.807) is 0 Å². The number of carbonyl (C=O) groups excluding carboxylic acids is 3. The Morgan fingerprint density at radius 2 is 1.55 bits per heavy atom. The van der Waals surface area contributed by atoms with Crippen LogP contribution in [0.1, 0.15) is 71.1 Å². The van der Waals surface area contributed by atoms with Gasteiger partial charge in [0, 0.05) is 6.42 Å². The fourth-order valence-corrected chi connectivity index (χ4v) is 2.91. The van der Waals surface area contributed by atoms with E-state index in [0.717, 1.165) is 16.7 Å². The second-order valence-electron chi connectivity index (χ2n) is 9.23. The average molecular weight is 407 g/mol. The van der Waals surface area contributed by atoms with Crippen LogP contribution in [0.2, 0.25) is 0 Å². The van der Waals surface area contributed by atoms with Gasteiger partial charge in [0.1, 0.15) is 12.4 Å². The maximum atomic E-state index is 11.9. The van der Waals surface area contributed by atoms with Gasteiger partial charge in [-0.05, 0) is 40.4 Å². The van der Waals surface area contributed by atoms with Crippen LogP contribution >= 0.6 is 0 Å². The third-order valence-corrected chi connectivity index (χ3v) is 4.51. The minimum absolute atomic E-state index is 0.0145. The van der Waals surface area contributed by atoms with E-state index in [4.69, 9.17) is 10.5 Å². The minimum atomic E-state index is -1.07. The van der Waals surface area contributed by atoms with Crippen molar-refractivity contribution < 1.29 is 24.2 Å². The standard InChI is InChI=1S/C22H34N2O5/c1-21(2,3)15-12-14(13-16(18(15)26)22(4,5)6)8-7-9-17(25)29-11-10-24-20(28)19(23)27/h12-13,26H,7-11H2,1-6H3,(H2,23,27)(H,24,28). The normalized spacial score (nSPS) is 11.8. The van der Waals surface area contributed by atoms with Crippen LogP contribution in [0.5, 0.6) is 5.75 Å². The largest absolute Gasteiger partial charge is 0.507 e. The van der Waals surface area contributed by atoms with E-state index in [0.29, 0.717) is 18.6 Å². The molecule has 1 aromatic rings. The van der Waals surface area contributed by atoms with Crippen molar-refractivity contribution in [1.82, 2.24) is 5.32 Å². The van der Waals surface area contributed by atoms with Crippen molar-refractivity contribution in [2.75, 3.05) is 13.2 Å². The molecule has 29 heavy (non-hydrogen) atoms. The number of aromatic hydroxyl groups is 1. The zero-order valence-electron chi connectivity index (χ0n) is 18.3. The first kappa shape index (κ1) is 24.5. The number of nitrogens with one attached hydrogen (secondary N) is 1. The predicted octanol–water partition coefficient (Wildman–Crippen LogP) is 2.45. The summed E-state index contributed by atoms with van der Waals surface area (Å²) < 4.78 is 5.04. The highest BCUT2D eigenvalue weighted by molar-refractivity contribution is 6.34. The molecule has 0 aliphatic carbocycles. The highest BCUT2D eigenvalue weighted by Crippen LogP contribution is 2.40. The van der Waals surface area contributed by atoms with Gasteiger partial charge < -0.3 is 20.9 Å². The maximum absolute atomic E-state index is 11.9. The van der Waals surface area contributed by atoms with Gasteiger partial charge >= 0.3 is 17.8 Å². The molecular weight excluding hydrogens is 372 g/mol. The van der Waals surface area contributed by atoms with Crippen LogP contribution in [-0.2, 0) is 36.4 Å². The van der Waals surface area contributed by atoms with E-state index in [2.05, 4.69) is 46.9 Å². The number of carbonyl (C=O) groups is 3. The molecule has 1 rings (SSSR count). The molecule has 162 valence electrons. The average Bonchev–Trinajstić information content (AvgIpc) is 2.57. The molecule has 0 aromatic heterocycles. The summed E-state index contributed by atoms with van der Waals surface area (Å²) in [6.45, 7) is 12.4. The summed E-state index contributed by atoms with van der Waals surface area (Å²) in [7, 11) is 0. The van der Waals surface area contributed by atoms with Crippen molar-refractivity contribution in [3.05, 3.63) is 28.8 Å². The quantitative estimate of drug-likeness (QED) is 0.365. The van der Waals surface area contributed by atoms with Crippen LogP contribution < -0.4 is 11.1 Å². The fraction of sp³-hybridized carbons (Fsp3) is 0.591. The number of phenols is 1. The predicted molar refractivity (Wildman–Crippen MR) is 112 cm³/mol. The molecule has 0 radical (unpaired) electrons. The number of hydrogen-bond donors (Lipinski definition) is 3. The Labute approximate surface area is 173 Å². The molecule has 2 amide bonds. The minimum Gasteiger partial charge on any atom is -0.507 e. The van der Waals surface area contributed by atoms with E-state index < -0.39 is 11.8 Å². The topological polar surface area (TPSA) is 119 Å². The van der Waals surface area contributed by atoms with Crippen LogP contribution in [0.3, 0.4) is 0 Å². The summed E-state index contributed by atoms with van der Waals surface area (Å²) in [6.07, 6.45) is 1.52. The van der Waals surface area contributed by atoms with E-state index in [1.165, 1.54) is 0 Å². The second-order valence-corrected chi connectivity index (χ2v) is 9.23. The summed E-state index contributed by atoms with van der Waals surface area (Å²) in [5.74, 6) is -2.01. The van der Waals surface area contributed by atoms with E-state index in [-0.39, 0.29) is 36.4 Å². The van der Waals surface area contributed by atoms with Crippen LogP contribution in [-0.4, -0.2) is 36.0 Å². The molecule has 0 unspecified atom stereocenters. The number of ether oxygens (including phenoxy) is 1. The lowest BCUT2D eigenvalue weighted by Gasteiger charge is -2.28. The molecule has 0 spiro atoms. The summed E-state index contributed by atoms with van der Waals surface area (Å²) in [6, 6.07) is 4.02. The third-order valence-electron chi connectivity index (χ3n) is 4.51. The molecule has 4 N–H and O–H groups in total. The number of aryl methyl sites for hydroxylation is 1. The van der Waals surface area contributed by atoms with Gasteiger partial charge in [-0.15, -0.1) is 0 Å². The van der Waals surface area contributed by atoms with Crippen LogP contribution in [0.15, 0.2) is 12.1 Å². The Kier molecular flexibility index (Phi) is 8.24. The Bertz CT molecular complexity index is 722. The lowest BCUT2D eigenvalue weighted by Crippen LogP contribution is -2.37. The van der Waals surface area contributed by atoms with Crippen LogP contribution in [0.4, 0.5) is 0 Å². The number of phenolic OH excluding ortho intramolecular Hbond substituents is 1. The van der Waals surface area contributed by atoms with Crippen molar-refractivity contribution in [2.45, 2.75) is 71.6 Å². The van der Waals surface area contributed by atoms with Gasteiger partial charge in [-0.1, -0.05) is 53.7 Å². The Morgan fingerprint density at radius 3 is 2.00 bits per heavy atom. The van der Waals surface area contributed by atoms with E-state index in [9.17, 15) is 19.5 Å². The summed E-state index contributed by atoms with van der Waals surface area (Å²) >= 11 is 0. The van der Waals surface area contributed by atoms with Crippen molar-refractivity contribution >= 4 is 17.8 Å². The number of rotatable bonds is 7. The van der Waals surface area contributed by atoms with Crippen LogP contribution in [0, 0.1) is 0 Å². The molecule has 0 atom stereocenters. The van der Waals surface area contributed by atoms with Gasteiger partial charge in [0.05, 0.1) is 6.54 Å².